The molecule has 5 atom stereocenters. The van der Waals surface area contributed by atoms with Gasteiger partial charge in [-0.25, -0.2) is 0 Å². The van der Waals surface area contributed by atoms with Crippen LogP contribution in [0.1, 0.15) is 49.7 Å². The fraction of sp³-hybridized carbons (Fsp3) is 0.517. The quantitative estimate of drug-likeness (QED) is 0.507. The van der Waals surface area contributed by atoms with Gasteiger partial charge in [-0.3, -0.25) is 14.5 Å². The lowest BCUT2D eigenvalue weighted by Gasteiger charge is -2.35. The van der Waals surface area contributed by atoms with Gasteiger partial charge in [-0.15, -0.1) is 0 Å². The van der Waals surface area contributed by atoms with Crippen molar-refractivity contribution in [1.29, 1.82) is 0 Å². The summed E-state index contributed by atoms with van der Waals surface area (Å²) in [6.45, 7) is 1.32. The molecule has 0 aromatic heterocycles. The van der Waals surface area contributed by atoms with Crippen molar-refractivity contribution >= 4 is 11.9 Å². The Labute approximate surface area is 207 Å². The molecule has 4 unspecified atom stereocenters. The summed E-state index contributed by atoms with van der Waals surface area (Å²) in [5.74, 6) is -0.704. The highest BCUT2D eigenvalue weighted by molar-refractivity contribution is 5.87. The topological polar surface area (TPSA) is 89.9 Å². The summed E-state index contributed by atoms with van der Waals surface area (Å²) >= 11 is 0. The number of amides is 1. The highest BCUT2D eigenvalue weighted by atomic mass is 16.4. The minimum absolute atomic E-state index is 0.00550. The van der Waals surface area contributed by atoms with Crippen LogP contribution in [0, 0.1) is 17.8 Å². The molecule has 0 spiro atoms. The standard InChI is InChI=1S/C29H36N2O4/c32-27(33)25(17-20-11-5-3-6-12-20)31-18-23-24(19-31)26(23)30-28(34)29(35,22-15-9-4-10-16-22)21-13-7-1-2-8-14-21/h3-6,9-12,15-16,21,23-26,35H,1-2,7-8,13-14,17-19H2,(H,30,34)(H,32,33)/t23-,24?,25?,26?,29?/m0/s1. The van der Waals surface area contributed by atoms with E-state index >= 15 is 0 Å². The van der Waals surface area contributed by atoms with E-state index in [9.17, 15) is 19.8 Å². The van der Waals surface area contributed by atoms with Gasteiger partial charge in [0.1, 0.15) is 6.04 Å². The largest absolute Gasteiger partial charge is 0.480 e. The second-order valence-electron chi connectivity index (χ2n) is 10.6. The Morgan fingerprint density at radius 2 is 1.49 bits per heavy atom. The van der Waals surface area contributed by atoms with Crippen LogP contribution in [0.4, 0.5) is 0 Å². The lowest BCUT2D eigenvalue weighted by Crippen LogP contribution is -2.52. The van der Waals surface area contributed by atoms with Crippen molar-refractivity contribution in [3.8, 4) is 0 Å². The minimum atomic E-state index is -1.53. The van der Waals surface area contributed by atoms with E-state index in [1.54, 1.807) is 0 Å². The summed E-state index contributed by atoms with van der Waals surface area (Å²) in [5, 5.41) is 25.0. The molecule has 3 aliphatic rings. The number of nitrogens with one attached hydrogen (secondary N) is 1. The molecule has 1 aliphatic heterocycles. The average molecular weight is 477 g/mol. The van der Waals surface area contributed by atoms with Gasteiger partial charge in [0.2, 0.25) is 0 Å². The van der Waals surface area contributed by atoms with Crippen LogP contribution in [-0.4, -0.2) is 52.2 Å². The summed E-state index contributed by atoms with van der Waals surface area (Å²) in [5.41, 5.74) is 0.159. The molecule has 6 nitrogen and oxygen atoms in total. The Morgan fingerprint density at radius 1 is 0.914 bits per heavy atom. The van der Waals surface area contributed by atoms with Gasteiger partial charge in [0.25, 0.3) is 5.91 Å². The smallest absolute Gasteiger partial charge is 0.321 e. The maximum absolute atomic E-state index is 13.7. The highest BCUT2D eigenvalue weighted by Crippen LogP contribution is 2.47. The van der Waals surface area contributed by atoms with Crippen LogP contribution >= 0.6 is 0 Å². The number of rotatable bonds is 8. The number of aliphatic carboxylic acids is 1. The number of aliphatic hydroxyl groups is 1. The maximum atomic E-state index is 13.7. The number of hydrogen-bond acceptors (Lipinski definition) is 4. The number of carbonyl (C=O) groups excluding carboxylic acids is 1. The van der Waals surface area contributed by atoms with Crippen LogP contribution in [-0.2, 0) is 21.6 Å². The third kappa shape index (κ3) is 4.87. The molecule has 6 heteroatoms. The van der Waals surface area contributed by atoms with E-state index in [2.05, 4.69) is 5.32 Å². The van der Waals surface area contributed by atoms with Crippen molar-refractivity contribution in [2.45, 2.75) is 62.6 Å². The van der Waals surface area contributed by atoms with Gasteiger partial charge in [0, 0.05) is 25.0 Å². The van der Waals surface area contributed by atoms with Gasteiger partial charge < -0.3 is 15.5 Å². The molecule has 186 valence electrons. The molecule has 2 aliphatic carbocycles. The predicted octanol–water partition coefficient (Wildman–Crippen LogP) is 3.59. The zero-order chi connectivity index (χ0) is 24.4. The zero-order valence-corrected chi connectivity index (χ0v) is 20.2. The SMILES string of the molecule is O=C(O)C(Cc1ccccc1)N1CC2C(NC(=O)C(O)(c3ccccc3)C3CCCCCC3)[C@H]2C1. The van der Waals surface area contributed by atoms with E-state index in [-0.39, 0.29) is 29.7 Å². The second-order valence-corrected chi connectivity index (χ2v) is 10.6. The molecule has 1 saturated heterocycles. The lowest BCUT2D eigenvalue weighted by molar-refractivity contribution is -0.149. The molecule has 0 radical (unpaired) electrons. The van der Waals surface area contributed by atoms with Crippen LogP contribution in [0.2, 0.25) is 0 Å². The number of carboxylic acid groups (broad SMARTS) is 1. The Balaban J connectivity index is 1.25. The summed E-state index contributed by atoms with van der Waals surface area (Å²) < 4.78 is 0. The van der Waals surface area contributed by atoms with Crippen molar-refractivity contribution in [2.24, 2.45) is 17.8 Å². The van der Waals surface area contributed by atoms with E-state index < -0.39 is 17.6 Å². The number of nitrogens with zero attached hydrogens (tertiary/aromatic N) is 1. The summed E-state index contributed by atoms with van der Waals surface area (Å²) in [6, 6.07) is 18.6. The molecular formula is C29H36N2O4. The van der Waals surface area contributed by atoms with Gasteiger partial charge in [0.15, 0.2) is 5.60 Å². The number of likely N-dealkylation sites (tertiary alicyclic amines) is 1. The minimum Gasteiger partial charge on any atom is -0.480 e. The first-order chi connectivity index (χ1) is 17.0. The first-order valence-electron chi connectivity index (χ1n) is 13.1. The Kier molecular flexibility index (Phi) is 6.94. The van der Waals surface area contributed by atoms with Gasteiger partial charge in [-0.1, -0.05) is 86.3 Å². The second kappa shape index (κ2) is 10.1. The number of carbonyl (C=O) groups is 2. The van der Waals surface area contributed by atoms with Gasteiger partial charge in [-0.2, -0.15) is 0 Å². The molecular weight excluding hydrogens is 440 g/mol. The van der Waals surface area contributed by atoms with Crippen molar-refractivity contribution in [3.05, 3.63) is 71.8 Å². The normalized spacial score (nSPS) is 27.3. The van der Waals surface area contributed by atoms with E-state index in [0.29, 0.717) is 25.1 Å². The van der Waals surface area contributed by atoms with Gasteiger partial charge in [-0.05, 0) is 42.2 Å². The molecule has 2 saturated carbocycles. The average Bonchev–Trinajstić information content (AvgIpc) is 3.44. The Hall–Kier alpha value is -2.70. The molecule has 2 aromatic carbocycles. The fourth-order valence-electron chi connectivity index (χ4n) is 6.44. The number of benzene rings is 2. The Bertz CT molecular complexity index is 1010. The van der Waals surface area contributed by atoms with E-state index in [1.807, 2.05) is 65.6 Å². The van der Waals surface area contributed by atoms with Crippen LogP contribution in [0.15, 0.2) is 60.7 Å². The van der Waals surface area contributed by atoms with Crippen molar-refractivity contribution in [2.75, 3.05) is 13.1 Å². The number of carboxylic acids is 1. The van der Waals surface area contributed by atoms with E-state index in [4.69, 9.17) is 0 Å². The summed E-state index contributed by atoms with van der Waals surface area (Å²) in [4.78, 5) is 27.7. The number of piperidine rings is 1. The van der Waals surface area contributed by atoms with Gasteiger partial charge in [0.05, 0.1) is 0 Å². The van der Waals surface area contributed by atoms with Crippen molar-refractivity contribution in [1.82, 2.24) is 10.2 Å². The molecule has 2 aromatic rings. The number of fused-ring (bicyclic) bond motifs is 1. The third-order valence-corrected chi connectivity index (χ3v) is 8.52. The van der Waals surface area contributed by atoms with Crippen molar-refractivity contribution < 1.29 is 19.8 Å². The molecule has 3 N–H and O–H groups in total. The van der Waals surface area contributed by atoms with Crippen molar-refractivity contribution in [3.63, 3.8) is 0 Å². The number of hydrogen-bond donors (Lipinski definition) is 3. The maximum Gasteiger partial charge on any atom is 0.321 e. The predicted molar refractivity (Wildman–Crippen MR) is 134 cm³/mol. The first kappa shape index (κ1) is 24.0. The fourth-order valence-corrected chi connectivity index (χ4v) is 6.44. The molecule has 5 rings (SSSR count). The van der Waals surface area contributed by atoms with Crippen LogP contribution < -0.4 is 5.32 Å². The molecule has 1 heterocycles. The van der Waals surface area contributed by atoms with E-state index in [0.717, 1.165) is 44.1 Å². The first-order valence-corrected chi connectivity index (χ1v) is 13.1. The van der Waals surface area contributed by atoms with Gasteiger partial charge >= 0.3 is 5.97 Å². The highest BCUT2D eigenvalue weighted by Gasteiger charge is 2.59. The van der Waals surface area contributed by atoms with Crippen LogP contribution in [0.25, 0.3) is 0 Å². The van der Waals surface area contributed by atoms with E-state index in [1.165, 1.54) is 0 Å². The monoisotopic (exact) mass is 476 g/mol. The van der Waals surface area contributed by atoms with Crippen LogP contribution in [0.3, 0.4) is 0 Å². The van der Waals surface area contributed by atoms with Crippen LogP contribution in [0.5, 0.6) is 0 Å². The zero-order valence-electron chi connectivity index (χ0n) is 20.2. The third-order valence-electron chi connectivity index (χ3n) is 8.52. The molecule has 1 amide bonds. The lowest BCUT2D eigenvalue weighted by atomic mass is 9.76. The molecule has 3 fully saturated rings. The molecule has 35 heavy (non-hydrogen) atoms. The summed E-state index contributed by atoms with van der Waals surface area (Å²) in [7, 11) is 0. The Morgan fingerprint density at radius 3 is 2.06 bits per heavy atom. The molecule has 0 bridgehead atoms. The summed E-state index contributed by atoms with van der Waals surface area (Å²) in [6.07, 6.45) is 6.55.